The number of carbonyl (C=O) groups excluding carboxylic acids is 2. The molecule has 1 aliphatic heterocycles. The van der Waals surface area contributed by atoms with Crippen molar-refractivity contribution in [2.75, 3.05) is 4.90 Å². The highest BCUT2D eigenvalue weighted by atomic mass is 19.1. The fourth-order valence-electron chi connectivity index (χ4n) is 3.76. The highest BCUT2D eigenvalue weighted by Gasteiger charge is 2.47. The van der Waals surface area contributed by atoms with E-state index in [1.54, 1.807) is 42.5 Å². The normalized spacial score (nSPS) is 17.9. The van der Waals surface area contributed by atoms with Crippen LogP contribution in [0.3, 0.4) is 0 Å². The van der Waals surface area contributed by atoms with Gasteiger partial charge in [-0.1, -0.05) is 61.5 Å². The molecule has 3 aromatic carbocycles. The van der Waals surface area contributed by atoms with Crippen LogP contribution in [0.1, 0.15) is 29.7 Å². The number of benzene rings is 3. The molecule has 156 valence electrons. The van der Waals surface area contributed by atoms with Gasteiger partial charge in [0.15, 0.2) is 0 Å². The molecule has 0 spiro atoms. The number of aliphatic hydroxyl groups is 1. The number of halogens is 2. The predicted octanol–water partition coefficient (Wildman–Crippen LogP) is 5.15. The number of hydrogen-bond acceptors (Lipinski definition) is 3. The standard InChI is InChI=1S/C25H19F2NO3/c1-2-15-8-10-17(11-9-15)23(29)21-22(16-6-4-3-5-7-16)28(25(31)24(21)30)20-13-12-18(26)14-19(20)27/h3-14,22,29H,2H2,1H3/b23-21+. The van der Waals surface area contributed by atoms with Crippen molar-refractivity contribution in [3.05, 3.63) is 107 Å². The zero-order chi connectivity index (χ0) is 22.1. The summed E-state index contributed by atoms with van der Waals surface area (Å²) in [5, 5.41) is 11.0. The van der Waals surface area contributed by atoms with Crippen LogP contribution in [0.5, 0.6) is 0 Å². The van der Waals surface area contributed by atoms with Gasteiger partial charge in [-0.05, 0) is 29.7 Å². The smallest absolute Gasteiger partial charge is 0.300 e. The molecular formula is C25H19F2NO3. The number of aliphatic hydroxyl groups excluding tert-OH is 1. The molecule has 1 fully saturated rings. The third-order valence-electron chi connectivity index (χ3n) is 5.36. The number of Topliss-reactive ketones (excluding diaryl/α,β-unsaturated/α-hetero) is 1. The highest BCUT2D eigenvalue weighted by Crippen LogP contribution is 2.42. The minimum absolute atomic E-state index is 0.149. The Hall–Kier alpha value is -3.80. The summed E-state index contributed by atoms with van der Waals surface area (Å²) in [4.78, 5) is 26.9. The molecule has 0 bridgehead atoms. The lowest BCUT2D eigenvalue weighted by molar-refractivity contribution is -0.132. The van der Waals surface area contributed by atoms with E-state index in [9.17, 15) is 23.5 Å². The number of nitrogens with zero attached hydrogens (tertiary/aromatic N) is 1. The fraction of sp³-hybridized carbons (Fsp3) is 0.120. The monoisotopic (exact) mass is 419 g/mol. The quantitative estimate of drug-likeness (QED) is 0.361. The van der Waals surface area contributed by atoms with Crippen molar-refractivity contribution in [1.82, 2.24) is 0 Å². The Bertz CT molecular complexity index is 1190. The van der Waals surface area contributed by atoms with Gasteiger partial charge in [0.1, 0.15) is 17.4 Å². The molecule has 1 unspecified atom stereocenters. The second-order valence-corrected chi connectivity index (χ2v) is 7.23. The minimum atomic E-state index is -1.06. The van der Waals surface area contributed by atoms with Gasteiger partial charge in [-0.3, -0.25) is 14.5 Å². The van der Waals surface area contributed by atoms with Gasteiger partial charge in [-0.2, -0.15) is 0 Å². The van der Waals surface area contributed by atoms with Crippen LogP contribution in [0.2, 0.25) is 0 Å². The molecule has 1 aliphatic rings. The van der Waals surface area contributed by atoms with Crippen LogP contribution < -0.4 is 4.90 Å². The van der Waals surface area contributed by atoms with Crippen LogP contribution in [-0.2, 0) is 16.0 Å². The Morgan fingerprint density at radius 2 is 1.65 bits per heavy atom. The van der Waals surface area contributed by atoms with E-state index < -0.39 is 29.4 Å². The number of amides is 1. The summed E-state index contributed by atoms with van der Waals surface area (Å²) in [7, 11) is 0. The summed E-state index contributed by atoms with van der Waals surface area (Å²) < 4.78 is 28.1. The van der Waals surface area contributed by atoms with Crippen LogP contribution in [-0.4, -0.2) is 16.8 Å². The minimum Gasteiger partial charge on any atom is -0.507 e. The first kappa shape index (κ1) is 20.5. The second-order valence-electron chi connectivity index (χ2n) is 7.23. The van der Waals surface area contributed by atoms with E-state index in [-0.39, 0.29) is 17.0 Å². The van der Waals surface area contributed by atoms with Crippen molar-refractivity contribution in [1.29, 1.82) is 0 Å². The molecule has 6 heteroatoms. The van der Waals surface area contributed by atoms with E-state index in [0.29, 0.717) is 17.2 Å². The summed E-state index contributed by atoms with van der Waals surface area (Å²) in [6.07, 6.45) is 0.805. The molecule has 1 amide bonds. The van der Waals surface area contributed by atoms with Crippen LogP contribution in [0.25, 0.3) is 5.76 Å². The van der Waals surface area contributed by atoms with Gasteiger partial charge >= 0.3 is 0 Å². The molecule has 0 radical (unpaired) electrons. The summed E-state index contributed by atoms with van der Waals surface area (Å²) in [6.45, 7) is 1.99. The van der Waals surface area contributed by atoms with E-state index in [2.05, 4.69) is 0 Å². The molecule has 0 aliphatic carbocycles. The number of hydrogen-bond donors (Lipinski definition) is 1. The number of ketones is 1. The van der Waals surface area contributed by atoms with Gasteiger partial charge in [-0.15, -0.1) is 0 Å². The predicted molar refractivity (Wildman–Crippen MR) is 113 cm³/mol. The van der Waals surface area contributed by atoms with Crippen LogP contribution in [0.15, 0.2) is 78.4 Å². The third kappa shape index (κ3) is 3.61. The lowest BCUT2D eigenvalue weighted by Gasteiger charge is -2.25. The summed E-state index contributed by atoms with van der Waals surface area (Å²) in [5.41, 5.74) is 1.54. The molecule has 0 saturated carbocycles. The van der Waals surface area contributed by atoms with Crippen molar-refractivity contribution < 1.29 is 23.5 Å². The van der Waals surface area contributed by atoms with E-state index in [1.807, 2.05) is 19.1 Å². The molecule has 31 heavy (non-hydrogen) atoms. The number of aryl methyl sites for hydroxylation is 1. The molecule has 3 aromatic rings. The molecule has 0 aromatic heterocycles. The molecule has 1 heterocycles. The van der Waals surface area contributed by atoms with Gasteiger partial charge in [0, 0.05) is 11.6 Å². The molecule has 1 N–H and O–H groups in total. The van der Waals surface area contributed by atoms with Gasteiger partial charge in [0.05, 0.1) is 17.3 Å². The maximum atomic E-state index is 14.6. The van der Waals surface area contributed by atoms with Crippen molar-refractivity contribution in [2.45, 2.75) is 19.4 Å². The zero-order valence-corrected chi connectivity index (χ0v) is 16.7. The fourth-order valence-corrected chi connectivity index (χ4v) is 3.76. The topological polar surface area (TPSA) is 57.6 Å². The highest BCUT2D eigenvalue weighted by molar-refractivity contribution is 6.51. The first-order valence-electron chi connectivity index (χ1n) is 9.82. The largest absolute Gasteiger partial charge is 0.507 e. The van der Waals surface area contributed by atoms with E-state index in [1.165, 1.54) is 0 Å². The first-order chi connectivity index (χ1) is 14.9. The Morgan fingerprint density at radius 3 is 2.26 bits per heavy atom. The third-order valence-corrected chi connectivity index (χ3v) is 5.36. The number of rotatable bonds is 4. The Kier molecular flexibility index (Phi) is 5.38. The molecule has 1 saturated heterocycles. The molecule has 1 atom stereocenters. The Labute approximate surface area is 178 Å². The second kappa shape index (κ2) is 8.14. The maximum absolute atomic E-state index is 14.6. The number of carbonyl (C=O) groups is 2. The summed E-state index contributed by atoms with van der Waals surface area (Å²) in [6, 6.07) is 17.3. The molecular weight excluding hydrogens is 400 g/mol. The van der Waals surface area contributed by atoms with Crippen LogP contribution in [0, 0.1) is 11.6 Å². The zero-order valence-electron chi connectivity index (χ0n) is 16.7. The summed E-state index contributed by atoms with van der Waals surface area (Å²) >= 11 is 0. The molecule has 4 rings (SSSR count). The van der Waals surface area contributed by atoms with Crippen molar-refractivity contribution >= 4 is 23.1 Å². The average Bonchev–Trinajstić information content (AvgIpc) is 3.04. The molecule has 4 nitrogen and oxygen atoms in total. The van der Waals surface area contributed by atoms with Gasteiger partial charge in [0.25, 0.3) is 11.7 Å². The van der Waals surface area contributed by atoms with E-state index in [0.717, 1.165) is 29.0 Å². The first-order valence-corrected chi connectivity index (χ1v) is 9.82. The SMILES string of the molecule is CCc1ccc(/C(O)=C2\C(=O)C(=O)N(c3ccc(F)cc3F)C2c2ccccc2)cc1. The van der Waals surface area contributed by atoms with Crippen LogP contribution in [0.4, 0.5) is 14.5 Å². The number of anilines is 1. The van der Waals surface area contributed by atoms with E-state index in [4.69, 9.17) is 0 Å². The summed E-state index contributed by atoms with van der Waals surface area (Å²) in [5.74, 6) is -4.05. The Morgan fingerprint density at radius 1 is 0.968 bits per heavy atom. The lowest BCUT2D eigenvalue weighted by atomic mass is 9.94. The average molecular weight is 419 g/mol. The van der Waals surface area contributed by atoms with Gasteiger partial charge in [0.2, 0.25) is 0 Å². The van der Waals surface area contributed by atoms with Gasteiger partial charge in [-0.25, -0.2) is 8.78 Å². The Balaban J connectivity index is 1.93. The van der Waals surface area contributed by atoms with Crippen LogP contribution >= 0.6 is 0 Å². The van der Waals surface area contributed by atoms with Crippen molar-refractivity contribution in [2.24, 2.45) is 0 Å². The van der Waals surface area contributed by atoms with Gasteiger partial charge < -0.3 is 5.11 Å². The lowest BCUT2D eigenvalue weighted by Crippen LogP contribution is -2.30. The van der Waals surface area contributed by atoms with Crippen molar-refractivity contribution in [3.63, 3.8) is 0 Å². The maximum Gasteiger partial charge on any atom is 0.300 e. The van der Waals surface area contributed by atoms with E-state index >= 15 is 0 Å². The van der Waals surface area contributed by atoms with Crippen molar-refractivity contribution in [3.8, 4) is 0 Å².